The molecule has 0 bridgehead atoms. The van der Waals surface area contributed by atoms with Gasteiger partial charge in [-0.2, -0.15) is 13.2 Å². The Morgan fingerprint density at radius 2 is 1.94 bits per heavy atom. The highest BCUT2D eigenvalue weighted by Crippen LogP contribution is 2.27. The van der Waals surface area contributed by atoms with E-state index in [-0.39, 0.29) is 5.92 Å². The molecule has 1 unspecified atom stereocenters. The Morgan fingerprint density at radius 1 is 1.31 bits per heavy atom. The van der Waals surface area contributed by atoms with Gasteiger partial charge in [-0.05, 0) is 18.1 Å². The van der Waals surface area contributed by atoms with Crippen LogP contribution in [0.15, 0.2) is 23.3 Å². The Labute approximate surface area is 91.2 Å². The van der Waals surface area contributed by atoms with Gasteiger partial charge in [0.25, 0.3) is 0 Å². The number of hydrogen-bond donors (Lipinski definition) is 2. The molecule has 3 N–H and O–H groups in total. The van der Waals surface area contributed by atoms with Crippen LogP contribution in [0.3, 0.4) is 0 Å². The Morgan fingerprint density at radius 3 is 2.31 bits per heavy atom. The summed E-state index contributed by atoms with van der Waals surface area (Å²) in [6.45, 7) is 3.77. The van der Waals surface area contributed by atoms with E-state index in [1.807, 2.05) is 13.8 Å². The van der Waals surface area contributed by atoms with Crippen molar-refractivity contribution in [3.63, 3.8) is 0 Å². The number of rotatable bonds is 2. The molecule has 1 rings (SSSR count). The lowest BCUT2D eigenvalue weighted by molar-refractivity contribution is -0.137. The molecule has 1 aromatic heterocycles. The maximum absolute atomic E-state index is 12.2. The molecule has 1 heterocycles. The van der Waals surface area contributed by atoms with Gasteiger partial charge in [-0.15, -0.1) is 0 Å². The van der Waals surface area contributed by atoms with Gasteiger partial charge in [0.15, 0.2) is 0 Å². The second-order valence-electron chi connectivity index (χ2n) is 3.82. The summed E-state index contributed by atoms with van der Waals surface area (Å²) in [5.41, 5.74) is 5.27. The van der Waals surface area contributed by atoms with Crippen molar-refractivity contribution in [1.82, 2.24) is 4.98 Å². The number of nitrogens with two attached hydrogens (primary N) is 1. The van der Waals surface area contributed by atoms with Gasteiger partial charge in [-0.25, -0.2) is 4.99 Å². The van der Waals surface area contributed by atoms with Crippen molar-refractivity contribution >= 4 is 0 Å². The molecule has 0 spiro atoms. The molecule has 0 saturated heterocycles. The zero-order valence-electron chi connectivity index (χ0n) is 9.05. The molecule has 0 radical (unpaired) electrons. The topological polar surface area (TPSA) is 54.2 Å². The number of halogens is 3. The number of aromatic nitrogens is 1. The average Bonchev–Trinajstić information content (AvgIpc) is 2.17. The zero-order chi connectivity index (χ0) is 12.3. The highest BCUT2D eigenvalue weighted by Gasteiger charge is 2.30. The van der Waals surface area contributed by atoms with Gasteiger partial charge in [-0.1, -0.05) is 13.8 Å². The first-order valence-electron chi connectivity index (χ1n) is 4.86. The molecule has 6 heteroatoms. The quantitative estimate of drug-likeness (QED) is 0.805. The third-order valence-electron chi connectivity index (χ3n) is 2.09. The fourth-order valence-corrected chi connectivity index (χ4v) is 0.983. The van der Waals surface area contributed by atoms with Gasteiger partial charge in [-0.3, -0.25) is 0 Å². The molecule has 0 amide bonds. The summed E-state index contributed by atoms with van der Waals surface area (Å²) in [6.07, 6.45) is -3.88. The Hall–Kier alpha value is -1.30. The predicted molar refractivity (Wildman–Crippen MR) is 54.2 cm³/mol. The second kappa shape index (κ2) is 4.69. The summed E-state index contributed by atoms with van der Waals surface area (Å²) in [6, 6.07) is 2.24. The fraction of sp³-hybridized carbons (Fsp3) is 0.500. The van der Waals surface area contributed by atoms with E-state index >= 15 is 0 Å². The van der Waals surface area contributed by atoms with Crippen LogP contribution in [0.4, 0.5) is 13.2 Å². The van der Waals surface area contributed by atoms with Gasteiger partial charge in [0.2, 0.25) is 0 Å². The number of hydrogen-bond acceptors (Lipinski definition) is 2. The number of alkyl halides is 3. The molecule has 90 valence electrons. The fourth-order valence-electron chi connectivity index (χ4n) is 0.983. The number of nitrogens with zero attached hydrogens (tertiary/aromatic N) is 1. The standard InChI is InChI=1S/C10H14F3N3/c1-6(2)9(14)16-8-4-3-7(5-15-8)10(11,12)13/h3-6,9H,14H2,1-2H3,(H,15,16). The first-order valence-corrected chi connectivity index (χ1v) is 4.86. The molecule has 3 nitrogen and oxygen atoms in total. The van der Waals surface area contributed by atoms with Crippen molar-refractivity contribution in [3.8, 4) is 0 Å². The van der Waals surface area contributed by atoms with Gasteiger partial charge in [0, 0.05) is 6.20 Å². The van der Waals surface area contributed by atoms with E-state index in [0.29, 0.717) is 5.49 Å². The maximum Gasteiger partial charge on any atom is 0.417 e. The Balaban J connectivity index is 2.95. The monoisotopic (exact) mass is 233 g/mol. The summed E-state index contributed by atoms with van der Waals surface area (Å²) >= 11 is 0. The highest BCUT2D eigenvalue weighted by molar-refractivity contribution is 5.12. The largest absolute Gasteiger partial charge is 0.417 e. The van der Waals surface area contributed by atoms with Crippen LogP contribution in [0.2, 0.25) is 0 Å². The average molecular weight is 233 g/mol. The van der Waals surface area contributed by atoms with Crippen LogP contribution in [0.25, 0.3) is 0 Å². The Bertz CT molecular complexity index is 386. The molecule has 0 aliphatic heterocycles. The van der Waals surface area contributed by atoms with E-state index in [9.17, 15) is 13.2 Å². The number of pyridine rings is 1. The third kappa shape index (κ3) is 3.37. The molecule has 0 fully saturated rings. The normalized spacial score (nSPS) is 15.6. The Kier molecular flexibility index (Phi) is 3.74. The van der Waals surface area contributed by atoms with Crippen LogP contribution in [-0.2, 0) is 6.18 Å². The number of aromatic amines is 1. The van der Waals surface area contributed by atoms with Crippen molar-refractivity contribution in [1.29, 1.82) is 0 Å². The maximum atomic E-state index is 12.2. The molecule has 0 aromatic carbocycles. The first-order chi connectivity index (χ1) is 7.30. The SMILES string of the molecule is CC(C)C(N)/N=c1/ccc(C(F)(F)F)c[nH]1. The van der Waals surface area contributed by atoms with Gasteiger partial charge in [0.05, 0.1) is 5.56 Å². The van der Waals surface area contributed by atoms with E-state index in [1.54, 1.807) is 0 Å². The smallest absolute Gasteiger partial charge is 0.346 e. The summed E-state index contributed by atoms with van der Waals surface area (Å²) < 4.78 is 36.7. The lowest BCUT2D eigenvalue weighted by Gasteiger charge is -2.09. The molecule has 0 saturated carbocycles. The zero-order valence-corrected chi connectivity index (χ0v) is 9.05. The van der Waals surface area contributed by atoms with Gasteiger partial charge >= 0.3 is 6.18 Å². The molecule has 1 atom stereocenters. The van der Waals surface area contributed by atoms with Crippen molar-refractivity contribution in [3.05, 3.63) is 29.4 Å². The number of nitrogens with one attached hydrogen (secondary N) is 1. The second-order valence-corrected chi connectivity index (χ2v) is 3.82. The minimum atomic E-state index is -4.34. The molecule has 0 aliphatic carbocycles. The van der Waals surface area contributed by atoms with Crippen molar-refractivity contribution in [2.45, 2.75) is 26.2 Å². The van der Waals surface area contributed by atoms with E-state index in [4.69, 9.17) is 5.73 Å². The van der Waals surface area contributed by atoms with Crippen LogP contribution >= 0.6 is 0 Å². The van der Waals surface area contributed by atoms with E-state index in [1.165, 1.54) is 6.07 Å². The summed E-state index contributed by atoms with van der Waals surface area (Å²) in [7, 11) is 0. The summed E-state index contributed by atoms with van der Waals surface area (Å²) in [5.74, 6) is 0.135. The summed E-state index contributed by atoms with van der Waals surface area (Å²) in [4.78, 5) is 6.50. The minimum Gasteiger partial charge on any atom is -0.346 e. The third-order valence-corrected chi connectivity index (χ3v) is 2.09. The molecule has 1 aromatic rings. The van der Waals surface area contributed by atoms with Crippen LogP contribution in [-0.4, -0.2) is 11.1 Å². The van der Waals surface area contributed by atoms with Gasteiger partial charge < -0.3 is 10.7 Å². The van der Waals surface area contributed by atoms with Crippen molar-refractivity contribution in [2.75, 3.05) is 0 Å². The van der Waals surface area contributed by atoms with E-state index < -0.39 is 17.9 Å². The van der Waals surface area contributed by atoms with Gasteiger partial charge in [0.1, 0.15) is 11.7 Å². The van der Waals surface area contributed by atoms with Crippen molar-refractivity contribution in [2.24, 2.45) is 16.6 Å². The van der Waals surface area contributed by atoms with Crippen LogP contribution < -0.4 is 11.2 Å². The highest BCUT2D eigenvalue weighted by atomic mass is 19.4. The summed E-state index contributed by atoms with van der Waals surface area (Å²) in [5, 5.41) is 0. The first kappa shape index (κ1) is 12.8. The molecular formula is C10H14F3N3. The molecular weight excluding hydrogens is 219 g/mol. The van der Waals surface area contributed by atoms with Crippen LogP contribution in [0.1, 0.15) is 19.4 Å². The molecule has 16 heavy (non-hydrogen) atoms. The van der Waals surface area contributed by atoms with Crippen LogP contribution in [0.5, 0.6) is 0 Å². The van der Waals surface area contributed by atoms with Crippen LogP contribution in [0, 0.1) is 5.92 Å². The molecule has 0 aliphatic rings. The lowest BCUT2D eigenvalue weighted by Crippen LogP contribution is -2.27. The minimum absolute atomic E-state index is 0.135. The van der Waals surface area contributed by atoms with E-state index in [2.05, 4.69) is 9.98 Å². The number of H-pyrrole nitrogens is 1. The lowest BCUT2D eigenvalue weighted by atomic mass is 10.2. The predicted octanol–water partition coefficient (Wildman–Crippen LogP) is 1.87. The van der Waals surface area contributed by atoms with Crippen molar-refractivity contribution < 1.29 is 13.2 Å². The van der Waals surface area contributed by atoms with E-state index in [0.717, 1.165) is 12.3 Å².